The molecule has 9 heteroatoms. The molecule has 0 bridgehead atoms. The highest BCUT2D eigenvalue weighted by molar-refractivity contribution is 6.03. The van der Waals surface area contributed by atoms with Crippen LogP contribution < -0.4 is 20.8 Å². The van der Waals surface area contributed by atoms with Crippen LogP contribution in [0.15, 0.2) is 11.0 Å². The Labute approximate surface area is 167 Å². The van der Waals surface area contributed by atoms with Gasteiger partial charge in [-0.2, -0.15) is 0 Å². The molecule has 1 aromatic heterocycles. The van der Waals surface area contributed by atoms with Crippen LogP contribution >= 0.6 is 0 Å². The van der Waals surface area contributed by atoms with E-state index in [9.17, 15) is 19.8 Å². The number of carboxylic acids is 1. The second-order valence-corrected chi connectivity index (χ2v) is 7.34. The summed E-state index contributed by atoms with van der Waals surface area (Å²) in [5.74, 6) is -2.05. The molecule has 0 amide bonds. The van der Waals surface area contributed by atoms with Crippen molar-refractivity contribution in [2.45, 2.75) is 32.7 Å². The molecule has 1 fully saturated rings. The molecule has 0 radical (unpaired) electrons. The van der Waals surface area contributed by atoms with Gasteiger partial charge in [-0.25, -0.2) is 9.18 Å². The molecule has 0 aliphatic carbocycles. The van der Waals surface area contributed by atoms with Crippen molar-refractivity contribution in [1.29, 1.82) is 0 Å². The van der Waals surface area contributed by atoms with E-state index in [1.165, 1.54) is 13.3 Å². The zero-order chi connectivity index (χ0) is 21.3. The molecule has 1 atom stereocenters. The number of carbonyl (C=O) groups is 1. The summed E-state index contributed by atoms with van der Waals surface area (Å²) in [7, 11) is 1.38. The minimum Gasteiger partial charge on any atom is -0.492 e. The van der Waals surface area contributed by atoms with E-state index in [0.717, 1.165) is 12.8 Å². The minimum atomic E-state index is -1.39. The molecule has 4 N–H and O–H groups in total. The number of benzene rings is 1. The molecule has 8 nitrogen and oxygen atoms in total. The van der Waals surface area contributed by atoms with Gasteiger partial charge in [-0.1, -0.05) is 13.3 Å². The summed E-state index contributed by atoms with van der Waals surface area (Å²) in [5, 5.41) is 18.7. The lowest BCUT2D eigenvalue weighted by atomic mass is 10.1. The average molecular weight is 407 g/mol. The van der Waals surface area contributed by atoms with Crippen LogP contribution in [-0.4, -0.2) is 47.6 Å². The number of aryl methyl sites for hydroxylation is 1. The molecule has 2 heterocycles. The molecule has 1 aromatic carbocycles. The quantitative estimate of drug-likeness (QED) is 0.601. The first kappa shape index (κ1) is 20.9. The number of nitrogen functional groups attached to an aromatic ring is 1. The molecule has 3 rings (SSSR count). The number of rotatable bonds is 7. The number of carboxylic acid groups (broad SMARTS) is 1. The Kier molecular flexibility index (Phi) is 5.97. The molecule has 29 heavy (non-hydrogen) atoms. The Hall–Kier alpha value is -2.81. The van der Waals surface area contributed by atoms with Crippen molar-refractivity contribution < 1.29 is 24.1 Å². The van der Waals surface area contributed by atoms with Gasteiger partial charge in [0.15, 0.2) is 11.6 Å². The number of aliphatic hydroxyl groups is 1. The molecule has 1 saturated heterocycles. The third-order valence-corrected chi connectivity index (χ3v) is 5.47. The van der Waals surface area contributed by atoms with Crippen molar-refractivity contribution in [2.75, 3.05) is 37.4 Å². The van der Waals surface area contributed by atoms with Crippen LogP contribution in [0, 0.1) is 11.7 Å². The first-order valence-corrected chi connectivity index (χ1v) is 9.66. The number of hydrogen-bond acceptors (Lipinski definition) is 6. The first-order chi connectivity index (χ1) is 13.8. The van der Waals surface area contributed by atoms with Crippen LogP contribution in [0.1, 0.15) is 36.5 Å². The lowest BCUT2D eigenvalue weighted by Gasteiger charge is -2.25. The Balaban J connectivity index is 2.38. The highest BCUT2D eigenvalue weighted by Crippen LogP contribution is 2.43. The van der Waals surface area contributed by atoms with E-state index in [1.54, 1.807) is 9.47 Å². The molecule has 1 aliphatic rings. The van der Waals surface area contributed by atoms with Crippen molar-refractivity contribution in [1.82, 2.24) is 4.57 Å². The maximum Gasteiger partial charge on any atom is 0.341 e. The Morgan fingerprint density at radius 3 is 2.72 bits per heavy atom. The largest absolute Gasteiger partial charge is 0.492 e. The van der Waals surface area contributed by atoms with E-state index in [0.29, 0.717) is 26.1 Å². The maximum atomic E-state index is 15.4. The number of aromatic carboxylic acids is 1. The fourth-order valence-electron chi connectivity index (χ4n) is 3.93. The zero-order valence-electron chi connectivity index (χ0n) is 16.6. The average Bonchev–Trinajstić information content (AvgIpc) is 3.17. The predicted octanol–water partition coefficient (Wildman–Crippen LogP) is 2.05. The van der Waals surface area contributed by atoms with Crippen LogP contribution in [-0.2, 0) is 6.54 Å². The second-order valence-electron chi connectivity index (χ2n) is 7.34. The number of methoxy groups -OCH3 is 1. The van der Waals surface area contributed by atoms with E-state index in [2.05, 4.69) is 0 Å². The van der Waals surface area contributed by atoms with Gasteiger partial charge in [0.2, 0.25) is 5.43 Å². The number of aliphatic hydroxyl groups excluding tert-OH is 1. The van der Waals surface area contributed by atoms with Gasteiger partial charge in [0.05, 0.1) is 23.7 Å². The topological polar surface area (TPSA) is 118 Å². The van der Waals surface area contributed by atoms with Crippen LogP contribution in [0.2, 0.25) is 0 Å². The highest BCUT2D eigenvalue weighted by atomic mass is 19.1. The number of hydrogen-bond donors (Lipinski definition) is 3. The van der Waals surface area contributed by atoms with Crippen molar-refractivity contribution in [3.05, 3.63) is 27.8 Å². The number of fused-ring (bicyclic) bond motifs is 1. The molecule has 0 saturated carbocycles. The second kappa shape index (κ2) is 8.28. The number of nitrogens with zero attached hydrogens (tertiary/aromatic N) is 2. The van der Waals surface area contributed by atoms with Gasteiger partial charge in [-0.15, -0.1) is 0 Å². The molecular formula is C20H26FN3O5. The van der Waals surface area contributed by atoms with Crippen LogP contribution in [0.3, 0.4) is 0 Å². The van der Waals surface area contributed by atoms with E-state index in [1.807, 2.05) is 6.92 Å². The monoisotopic (exact) mass is 407 g/mol. The number of ether oxygens (including phenoxy) is 1. The van der Waals surface area contributed by atoms with E-state index < -0.39 is 22.8 Å². The third kappa shape index (κ3) is 3.50. The van der Waals surface area contributed by atoms with Crippen molar-refractivity contribution in [3.8, 4) is 5.75 Å². The minimum absolute atomic E-state index is 0.00713. The summed E-state index contributed by atoms with van der Waals surface area (Å²) in [5.41, 5.74) is 4.77. The van der Waals surface area contributed by atoms with Crippen LogP contribution in [0.4, 0.5) is 15.8 Å². The fraction of sp³-hybridized carbons (Fsp3) is 0.500. The lowest BCUT2D eigenvalue weighted by molar-refractivity contribution is 0.0694. The number of aromatic nitrogens is 1. The molecule has 158 valence electrons. The van der Waals surface area contributed by atoms with Gasteiger partial charge in [0.1, 0.15) is 11.3 Å². The number of anilines is 2. The number of nitrogens with two attached hydrogens (primary N) is 1. The van der Waals surface area contributed by atoms with Crippen LogP contribution in [0.25, 0.3) is 10.9 Å². The van der Waals surface area contributed by atoms with E-state index >= 15 is 4.39 Å². The molecule has 0 unspecified atom stereocenters. The smallest absolute Gasteiger partial charge is 0.341 e. The Morgan fingerprint density at radius 2 is 2.17 bits per heavy atom. The summed E-state index contributed by atoms with van der Waals surface area (Å²) < 4.78 is 22.5. The van der Waals surface area contributed by atoms with Crippen molar-refractivity contribution in [3.63, 3.8) is 0 Å². The summed E-state index contributed by atoms with van der Waals surface area (Å²) in [6.07, 6.45) is 3.53. The molecule has 2 aromatic rings. The number of halogens is 1. The standard InChI is InChI=1S/C20H26FN3O5/c1-3-4-6-23-9-12(20(27)28)18(26)13-15(22)14(21)17(19(29-2)16(13)23)24-7-5-11(8-24)10-25/h9,11,25H,3-8,10,22H2,1-2H3,(H,27,28)/t11-/m1/s1. The normalized spacial score (nSPS) is 16.6. The van der Waals surface area contributed by atoms with E-state index in [-0.39, 0.29) is 40.6 Å². The summed E-state index contributed by atoms with van der Waals surface area (Å²) in [6, 6.07) is 0. The number of pyridine rings is 1. The van der Waals surface area contributed by atoms with E-state index in [4.69, 9.17) is 10.5 Å². The maximum absolute atomic E-state index is 15.4. The molecular weight excluding hydrogens is 381 g/mol. The van der Waals surface area contributed by atoms with Crippen LogP contribution in [0.5, 0.6) is 5.75 Å². The summed E-state index contributed by atoms with van der Waals surface area (Å²) in [6.45, 7) is 3.34. The van der Waals surface area contributed by atoms with Gasteiger partial charge in [-0.3, -0.25) is 4.79 Å². The van der Waals surface area contributed by atoms with Crippen molar-refractivity contribution in [2.24, 2.45) is 5.92 Å². The Morgan fingerprint density at radius 1 is 1.45 bits per heavy atom. The summed E-state index contributed by atoms with van der Waals surface area (Å²) in [4.78, 5) is 26.2. The zero-order valence-corrected chi connectivity index (χ0v) is 16.6. The van der Waals surface area contributed by atoms with Gasteiger partial charge in [0, 0.05) is 38.4 Å². The molecule has 0 spiro atoms. The number of unbranched alkanes of at least 4 members (excludes halogenated alkanes) is 1. The summed E-state index contributed by atoms with van der Waals surface area (Å²) >= 11 is 0. The van der Waals surface area contributed by atoms with Gasteiger partial charge in [-0.05, 0) is 12.8 Å². The molecule has 1 aliphatic heterocycles. The highest BCUT2D eigenvalue weighted by Gasteiger charge is 2.32. The Bertz CT molecular complexity index is 1000. The predicted molar refractivity (Wildman–Crippen MR) is 108 cm³/mol. The first-order valence-electron chi connectivity index (χ1n) is 9.66. The fourth-order valence-corrected chi connectivity index (χ4v) is 3.93. The van der Waals surface area contributed by atoms with Crippen molar-refractivity contribution >= 4 is 28.2 Å². The third-order valence-electron chi connectivity index (χ3n) is 5.47. The van der Waals surface area contributed by atoms with Gasteiger partial charge in [0.25, 0.3) is 0 Å². The van der Waals surface area contributed by atoms with Gasteiger partial charge >= 0.3 is 5.97 Å². The lowest BCUT2D eigenvalue weighted by Crippen LogP contribution is -2.26. The SMILES string of the molecule is CCCCn1cc(C(=O)O)c(=O)c2c(N)c(F)c(N3CC[C@@H](CO)C3)c(OC)c21. The van der Waals surface area contributed by atoms with Gasteiger partial charge < -0.3 is 30.2 Å².